The molecule has 2 N–H and O–H groups in total. The van der Waals surface area contributed by atoms with Crippen molar-refractivity contribution in [1.29, 1.82) is 0 Å². The molecule has 1 atom stereocenters. The normalized spacial score (nSPS) is 11.9. The SMILES string of the molecule is CNc1ncc(C(=O)NC(C)c2ccsc2)cc1Cl. The smallest absolute Gasteiger partial charge is 0.253 e. The third kappa shape index (κ3) is 3.24. The number of carbonyl (C=O) groups excluding carboxylic acids is 1. The number of nitrogens with one attached hydrogen (secondary N) is 2. The van der Waals surface area contributed by atoms with Crippen molar-refractivity contribution >= 4 is 34.7 Å². The van der Waals surface area contributed by atoms with Gasteiger partial charge >= 0.3 is 0 Å². The van der Waals surface area contributed by atoms with Gasteiger partial charge in [-0.15, -0.1) is 0 Å². The van der Waals surface area contributed by atoms with Gasteiger partial charge in [0.15, 0.2) is 0 Å². The van der Waals surface area contributed by atoms with Crippen molar-refractivity contribution in [2.75, 3.05) is 12.4 Å². The summed E-state index contributed by atoms with van der Waals surface area (Å²) >= 11 is 7.61. The van der Waals surface area contributed by atoms with Crippen molar-refractivity contribution in [2.45, 2.75) is 13.0 Å². The van der Waals surface area contributed by atoms with Crippen LogP contribution in [0.2, 0.25) is 5.02 Å². The number of thiophene rings is 1. The molecule has 0 saturated heterocycles. The topological polar surface area (TPSA) is 54.0 Å². The molecule has 0 aromatic carbocycles. The quantitative estimate of drug-likeness (QED) is 0.910. The summed E-state index contributed by atoms with van der Waals surface area (Å²) in [7, 11) is 1.73. The molecule has 0 aliphatic heterocycles. The van der Waals surface area contributed by atoms with Crippen molar-refractivity contribution in [2.24, 2.45) is 0 Å². The molecular weight excluding hydrogens is 282 g/mol. The maximum absolute atomic E-state index is 12.1. The highest BCUT2D eigenvalue weighted by Crippen LogP contribution is 2.20. The number of rotatable bonds is 4. The predicted octanol–water partition coefficient (Wildman–Crippen LogP) is 3.33. The zero-order valence-corrected chi connectivity index (χ0v) is 12.2. The lowest BCUT2D eigenvalue weighted by Crippen LogP contribution is -2.26. The maximum atomic E-state index is 12.1. The lowest BCUT2D eigenvalue weighted by molar-refractivity contribution is 0.0939. The van der Waals surface area contributed by atoms with Gasteiger partial charge in [0.1, 0.15) is 5.82 Å². The van der Waals surface area contributed by atoms with E-state index in [2.05, 4.69) is 15.6 Å². The van der Waals surface area contributed by atoms with Crippen LogP contribution in [0, 0.1) is 0 Å². The number of amides is 1. The Morgan fingerprint density at radius 3 is 2.89 bits per heavy atom. The molecule has 0 spiro atoms. The van der Waals surface area contributed by atoms with Crippen molar-refractivity contribution in [3.05, 3.63) is 45.2 Å². The Labute approximate surface area is 120 Å². The summed E-state index contributed by atoms with van der Waals surface area (Å²) in [4.78, 5) is 16.2. The van der Waals surface area contributed by atoms with E-state index < -0.39 is 0 Å². The highest BCUT2D eigenvalue weighted by atomic mass is 35.5. The molecule has 6 heteroatoms. The van der Waals surface area contributed by atoms with E-state index in [1.807, 2.05) is 23.8 Å². The number of anilines is 1. The molecule has 100 valence electrons. The van der Waals surface area contributed by atoms with Crippen LogP contribution in [0.3, 0.4) is 0 Å². The van der Waals surface area contributed by atoms with Gasteiger partial charge in [0.05, 0.1) is 16.6 Å². The highest BCUT2D eigenvalue weighted by molar-refractivity contribution is 7.07. The first-order chi connectivity index (χ1) is 9.11. The van der Waals surface area contributed by atoms with Gasteiger partial charge in [0.25, 0.3) is 5.91 Å². The summed E-state index contributed by atoms with van der Waals surface area (Å²) in [5, 5.41) is 10.2. The number of hydrogen-bond donors (Lipinski definition) is 2. The Hall–Kier alpha value is -1.59. The second-order valence-electron chi connectivity index (χ2n) is 4.06. The molecule has 0 fully saturated rings. The molecule has 2 rings (SSSR count). The Morgan fingerprint density at radius 1 is 1.53 bits per heavy atom. The minimum atomic E-state index is -0.184. The predicted molar refractivity (Wildman–Crippen MR) is 79.0 cm³/mol. The Bertz CT molecular complexity index is 571. The van der Waals surface area contributed by atoms with Crippen LogP contribution in [-0.2, 0) is 0 Å². The lowest BCUT2D eigenvalue weighted by Gasteiger charge is -2.13. The molecule has 1 unspecified atom stereocenters. The third-order valence-electron chi connectivity index (χ3n) is 2.73. The maximum Gasteiger partial charge on any atom is 0.253 e. The van der Waals surface area contributed by atoms with Gasteiger partial charge in [-0.2, -0.15) is 11.3 Å². The molecule has 0 aliphatic carbocycles. The molecule has 19 heavy (non-hydrogen) atoms. The second-order valence-corrected chi connectivity index (χ2v) is 5.24. The largest absolute Gasteiger partial charge is 0.372 e. The summed E-state index contributed by atoms with van der Waals surface area (Å²) in [6, 6.07) is 3.56. The number of halogens is 1. The number of hydrogen-bond acceptors (Lipinski definition) is 4. The van der Waals surface area contributed by atoms with Crippen LogP contribution in [0.4, 0.5) is 5.82 Å². The van der Waals surface area contributed by atoms with Gasteiger partial charge in [0.2, 0.25) is 0 Å². The summed E-state index contributed by atoms with van der Waals surface area (Å²) in [6.45, 7) is 1.94. The van der Waals surface area contributed by atoms with Crippen LogP contribution in [-0.4, -0.2) is 17.9 Å². The molecule has 0 saturated carbocycles. The van der Waals surface area contributed by atoms with Gasteiger partial charge in [-0.3, -0.25) is 4.79 Å². The fourth-order valence-electron chi connectivity index (χ4n) is 1.63. The van der Waals surface area contributed by atoms with E-state index in [1.165, 1.54) is 6.20 Å². The number of carbonyl (C=O) groups is 1. The van der Waals surface area contributed by atoms with Gasteiger partial charge < -0.3 is 10.6 Å². The zero-order chi connectivity index (χ0) is 13.8. The molecule has 0 radical (unpaired) electrons. The Balaban J connectivity index is 2.10. The van der Waals surface area contributed by atoms with Crippen LogP contribution >= 0.6 is 22.9 Å². The standard InChI is InChI=1S/C13H14ClN3OS/c1-8(9-3-4-19-7-9)17-13(18)10-5-11(14)12(15-2)16-6-10/h3-8H,1-2H3,(H,15,16)(H,17,18). The van der Waals surface area contributed by atoms with Crippen molar-refractivity contribution in [1.82, 2.24) is 10.3 Å². The van der Waals surface area contributed by atoms with Gasteiger partial charge in [-0.1, -0.05) is 11.6 Å². The molecule has 2 heterocycles. The number of aromatic nitrogens is 1. The lowest BCUT2D eigenvalue weighted by atomic mass is 10.1. The van der Waals surface area contributed by atoms with Crippen LogP contribution in [0.15, 0.2) is 29.1 Å². The summed E-state index contributed by atoms with van der Waals surface area (Å²) in [5.74, 6) is 0.375. The Morgan fingerprint density at radius 2 is 2.32 bits per heavy atom. The van der Waals surface area contributed by atoms with Gasteiger partial charge in [-0.25, -0.2) is 4.98 Å². The van der Waals surface area contributed by atoms with Crippen molar-refractivity contribution < 1.29 is 4.79 Å². The first kappa shape index (κ1) is 13.8. The van der Waals surface area contributed by atoms with Crippen LogP contribution in [0.1, 0.15) is 28.9 Å². The summed E-state index contributed by atoms with van der Waals surface area (Å²) in [6.07, 6.45) is 1.51. The fraction of sp³-hybridized carbons (Fsp3) is 0.231. The molecule has 4 nitrogen and oxygen atoms in total. The molecule has 0 bridgehead atoms. The van der Waals surface area contributed by atoms with Crippen molar-refractivity contribution in [3.8, 4) is 0 Å². The zero-order valence-electron chi connectivity index (χ0n) is 10.6. The van der Waals surface area contributed by atoms with E-state index >= 15 is 0 Å². The minimum Gasteiger partial charge on any atom is -0.372 e. The van der Waals surface area contributed by atoms with Crippen LogP contribution in [0.25, 0.3) is 0 Å². The molecule has 1 amide bonds. The van der Waals surface area contributed by atoms with E-state index in [-0.39, 0.29) is 11.9 Å². The van der Waals surface area contributed by atoms with E-state index in [0.29, 0.717) is 16.4 Å². The monoisotopic (exact) mass is 295 g/mol. The molecular formula is C13H14ClN3OS. The molecule has 2 aromatic heterocycles. The fourth-order valence-corrected chi connectivity index (χ4v) is 2.65. The molecule has 2 aromatic rings. The first-order valence-corrected chi connectivity index (χ1v) is 7.10. The van der Waals surface area contributed by atoms with Gasteiger partial charge in [0, 0.05) is 13.2 Å². The van der Waals surface area contributed by atoms with E-state index in [0.717, 1.165) is 5.56 Å². The summed E-state index contributed by atoms with van der Waals surface area (Å²) < 4.78 is 0. The minimum absolute atomic E-state index is 0.0403. The summed E-state index contributed by atoms with van der Waals surface area (Å²) in [5.41, 5.74) is 1.54. The Kier molecular flexibility index (Phi) is 4.39. The van der Waals surface area contributed by atoms with E-state index in [9.17, 15) is 4.79 Å². The average molecular weight is 296 g/mol. The van der Waals surface area contributed by atoms with E-state index in [1.54, 1.807) is 24.5 Å². The van der Waals surface area contributed by atoms with Crippen LogP contribution in [0.5, 0.6) is 0 Å². The third-order valence-corrected chi connectivity index (χ3v) is 3.72. The molecule has 0 aliphatic rings. The van der Waals surface area contributed by atoms with Gasteiger partial charge in [-0.05, 0) is 35.4 Å². The number of nitrogens with zero attached hydrogens (tertiary/aromatic N) is 1. The van der Waals surface area contributed by atoms with Crippen molar-refractivity contribution in [3.63, 3.8) is 0 Å². The second kappa shape index (κ2) is 6.04. The highest BCUT2D eigenvalue weighted by Gasteiger charge is 2.13. The first-order valence-electron chi connectivity index (χ1n) is 5.78. The van der Waals surface area contributed by atoms with Crippen LogP contribution < -0.4 is 10.6 Å². The average Bonchev–Trinajstić information content (AvgIpc) is 2.92. The van der Waals surface area contributed by atoms with E-state index in [4.69, 9.17) is 11.6 Å². The number of pyridine rings is 1.